The molecule has 0 aromatic rings. The summed E-state index contributed by atoms with van der Waals surface area (Å²) in [5.74, 6) is 4.87. The summed E-state index contributed by atoms with van der Waals surface area (Å²) in [7, 11) is 0. The van der Waals surface area contributed by atoms with Gasteiger partial charge < -0.3 is 15.2 Å². The van der Waals surface area contributed by atoms with E-state index in [0.29, 0.717) is 18.3 Å². The first-order valence-corrected chi connectivity index (χ1v) is 18.1. The van der Waals surface area contributed by atoms with E-state index in [0.717, 1.165) is 80.5 Å². The average molecular weight is 601 g/mol. The predicted molar refractivity (Wildman–Crippen MR) is 175 cm³/mol. The Balaban J connectivity index is 1.21. The van der Waals surface area contributed by atoms with Crippen LogP contribution in [-0.2, 0) is 14.3 Å². The van der Waals surface area contributed by atoms with Crippen LogP contribution in [0.3, 0.4) is 0 Å². The van der Waals surface area contributed by atoms with Gasteiger partial charge in [0.1, 0.15) is 6.10 Å². The molecule has 5 heteroatoms. The Morgan fingerprint density at radius 3 is 2.49 bits per heavy atom. The van der Waals surface area contributed by atoms with E-state index in [1.165, 1.54) is 51.4 Å². The second-order valence-electron chi connectivity index (χ2n) is 16.0. The average Bonchev–Trinajstić information content (AvgIpc) is 3.35. The van der Waals surface area contributed by atoms with Gasteiger partial charge in [-0.2, -0.15) is 0 Å². The molecule has 0 heterocycles. The maximum atomic E-state index is 12.7. The Hall–Kier alpha value is -1.36. The molecule has 9 atom stereocenters. The molecular formula is C38H65NO4. The van der Waals surface area contributed by atoms with E-state index in [1.807, 2.05) is 0 Å². The van der Waals surface area contributed by atoms with Crippen molar-refractivity contribution >= 4 is 11.9 Å². The highest BCUT2D eigenvalue weighted by Gasteiger charge is 2.59. The molecule has 0 aromatic heterocycles. The maximum Gasteiger partial charge on any atom is 0.306 e. The molecule has 5 nitrogen and oxygen atoms in total. The van der Waals surface area contributed by atoms with Gasteiger partial charge in [-0.05, 0) is 111 Å². The number of aliphatic hydroxyl groups excluding tert-OH is 1. The Labute approximate surface area is 265 Å². The van der Waals surface area contributed by atoms with E-state index in [4.69, 9.17) is 11.2 Å². The van der Waals surface area contributed by atoms with Gasteiger partial charge in [0.25, 0.3) is 0 Å². The fourth-order valence-electron chi connectivity index (χ4n) is 10.3. The van der Waals surface area contributed by atoms with Crippen molar-refractivity contribution < 1.29 is 20.8 Å². The first-order chi connectivity index (χ1) is 21.0. The highest BCUT2D eigenvalue weighted by Crippen LogP contribution is 2.67. The molecule has 246 valence electrons. The minimum absolute atomic E-state index is 0.0123. The third-order valence-corrected chi connectivity index (χ3v) is 12.7. The lowest BCUT2D eigenvalue weighted by Gasteiger charge is -2.58. The Kier molecular flexibility index (Phi) is 11.7. The van der Waals surface area contributed by atoms with Crippen LogP contribution in [0.5, 0.6) is 0 Å². The molecule has 4 rings (SSSR count). The lowest BCUT2D eigenvalue weighted by molar-refractivity contribution is -0.151. The summed E-state index contributed by atoms with van der Waals surface area (Å²) in [5, 5.41) is 11.8. The number of esters is 1. The maximum absolute atomic E-state index is 12.7. The highest BCUT2D eigenvalue weighted by molar-refractivity contribution is 5.76. The fourth-order valence-corrected chi connectivity index (χ4v) is 10.3. The molecule has 3 saturated carbocycles. The highest BCUT2D eigenvalue weighted by atomic mass is 16.5. The number of carbonyl (C=O) groups excluding carboxylic acids is 2. The van der Waals surface area contributed by atoms with Gasteiger partial charge >= 0.3 is 5.97 Å². The van der Waals surface area contributed by atoms with Crippen molar-refractivity contribution in [3.63, 3.8) is 0 Å². The number of hydrogen-bond acceptors (Lipinski definition) is 4. The lowest BCUT2D eigenvalue weighted by Crippen LogP contribution is -2.51. The van der Waals surface area contributed by atoms with Crippen molar-refractivity contribution in [1.82, 2.24) is 5.32 Å². The molecule has 0 saturated heterocycles. The molecule has 2 N–H and O–H groups in total. The van der Waals surface area contributed by atoms with Crippen LogP contribution in [-0.4, -0.2) is 35.7 Å². The van der Waals surface area contributed by atoms with Crippen molar-refractivity contribution in [2.24, 2.45) is 46.3 Å². The van der Waals surface area contributed by atoms with E-state index in [1.54, 1.807) is 5.57 Å². The molecule has 0 radical (unpaired) electrons. The van der Waals surface area contributed by atoms with Crippen LogP contribution >= 0.6 is 0 Å². The van der Waals surface area contributed by atoms with Crippen LogP contribution in [0.2, 0.25) is 0 Å². The molecule has 0 spiro atoms. The number of nitrogens with one attached hydrogen (secondary N) is 1. The van der Waals surface area contributed by atoms with Crippen LogP contribution in [0.1, 0.15) is 152 Å². The Bertz CT molecular complexity index is 978. The summed E-state index contributed by atoms with van der Waals surface area (Å²) in [6.45, 7) is 12.3. The van der Waals surface area contributed by atoms with Crippen LogP contribution < -0.4 is 5.32 Å². The topological polar surface area (TPSA) is 75.6 Å². The van der Waals surface area contributed by atoms with E-state index in [2.05, 4.69) is 46.0 Å². The third kappa shape index (κ3) is 8.27. The van der Waals surface area contributed by atoms with Gasteiger partial charge in [0.05, 0.1) is 6.61 Å². The minimum Gasteiger partial charge on any atom is -0.462 e. The molecule has 3 fully saturated rings. The van der Waals surface area contributed by atoms with Gasteiger partial charge in [0, 0.05) is 26.7 Å². The summed E-state index contributed by atoms with van der Waals surface area (Å²) in [4.78, 5) is 24.6. The largest absolute Gasteiger partial charge is 0.462 e. The fraction of sp³-hybridized carbons (Fsp3) is 0.895. The monoisotopic (exact) mass is 600 g/mol. The van der Waals surface area contributed by atoms with Crippen molar-refractivity contribution in [3.05, 3.63) is 11.6 Å². The number of rotatable bonds is 15. The number of fused-ring (bicyclic) bond motifs is 5. The minimum atomic E-state index is -0.475. The van der Waals surface area contributed by atoms with Gasteiger partial charge in [-0.25, -0.2) is 0 Å². The number of ether oxygens (including phenoxy) is 1. The van der Waals surface area contributed by atoms with Gasteiger partial charge in [-0.1, -0.05) is 78.4 Å². The first-order valence-electron chi connectivity index (χ1n) is 18.8. The molecular weight excluding hydrogens is 534 g/mol. The summed E-state index contributed by atoms with van der Waals surface area (Å²) < 4.78 is 13.3. The smallest absolute Gasteiger partial charge is 0.306 e. The van der Waals surface area contributed by atoms with Crippen LogP contribution in [0, 0.1) is 46.3 Å². The van der Waals surface area contributed by atoms with E-state index in [9.17, 15) is 9.59 Å². The van der Waals surface area contributed by atoms with Crippen molar-refractivity contribution in [1.29, 1.82) is 0 Å². The molecule has 0 bridgehead atoms. The zero-order chi connectivity index (χ0) is 31.9. The van der Waals surface area contributed by atoms with Crippen LogP contribution in [0.25, 0.3) is 0 Å². The first kappa shape index (κ1) is 33.0. The van der Waals surface area contributed by atoms with Crippen LogP contribution in [0.15, 0.2) is 11.6 Å². The number of carbonyl (C=O) groups is 2. The van der Waals surface area contributed by atoms with E-state index in [-0.39, 0.29) is 36.9 Å². The quantitative estimate of drug-likeness (QED) is 0.112. The lowest BCUT2D eigenvalue weighted by atomic mass is 9.47. The van der Waals surface area contributed by atoms with E-state index >= 15 is 0 Å². The standard InChI is InChI=1S/C38H65NO4/c1-26(2)12-11-13-27(3)32-18-19-33-31-17-16-29-24-30(20-22-37(29,5)34(31)21-23-38(32,33)6)43-36(42)15-10-8-7-9-14-35(41)39-28(4)25-40/h16,26-28,30-34,40H,7-15,17-25H2,1-6H3,(H,39,41)/t27-,28?,30+,31?,32-,33?,34?,37+,38-/m1/s1/i4D. The Morgan fingerprint density at radius 1 is 1.00 bits per heavy atom. The van der Waals surface area contributed by atoms with Gasteiger partial charge in [0.15, 0.2) is 0 Å². The van der Waals surface area contributed by atoms with E-state index < -0.39 is 6.04 Å². The second kappa shape index (κ2) is 15.3. The second-order valence-corrected chi connectivity index (χ2v) is 16.0. The third-order valence-electron chi connectivity index (χ3n) is 12.7. The summed E-state index contributed by atoms with van der Waals surface area (Å²) in [6, 6.07) is -0.475. The number of unbranched alkanes of at least 4 members (excludes halogenated alkanes) is 3. The summed E-state index contributed by atoms with van der Waals surface area (Å²) >= 11 is 0. The number of aliphatic hydroxyl groups is 1. The molecule has 1 amide bonds. The summed E-state index contributed by atoms with van der Waals surface area (Å²) in [6.07, 6.45) is 20.9. The Morgan fingerprint density at radius 2 is 1.77 bits per heavy atom. The van der Waals surface area contributed by atoms with Gasteiger partial charge in [0.2, 0.25) is 5.91 Å². The number of allylic oxidation sites excluding steroid dienone is 1. The van der Waals surface area contributed by atoms with Crippen molar-refractivity contribution in [2.75, 3.05) is 6.61 Å². The molecule has 0 aromatic carbocycles. The molecule has 4 aliphatic carbocycles. The SMILES string of the molecule is [2H]CC(CO)NC(=O)CCCCCCC(=O)O[C@H]1CC[C@@]2(C)C(=CCC3C2CC[C@@]2(C)C3CC[C@@H]2[C@H](C)CCCC(C)C)C1. The zero-order valence-corrected chi connectivity index (χ0v) is 28.3. The number of amides is 1. The zero-order valence-electron chi connectivity index (χ0n) is 29.3. The van der Waals surface area contributed by atoms with Gasteiger partial charge in [-0.15, -0.1) is 0 Å². The van der Waals surface area contributed by atoms with Crippen LogP contribution in [0.4, 0.5) is 0 Å². The molecule has 4 aliphatic rings. The number of hydrogen-bond donors (Lipinski definition) is 2. The molecule has 0 aliphatic heterocycles. The normalized spacial score (nSPS) is 35.2. The van der Waals surface area contributed by atoms with Crippen molar-refractivity contribution in [2.45, 2.75) is 163 Å². The predicted octanol–water partition coefficient (Wildman–Crippen LogP) is 8.78. The van der Waals surface area contributed by atoms with Crippen molar-refractivity contribution in [3.8, 4) is 0 Å². The van der Waals surface area contributed by atoms with Gasteiger partial charge in [-0.3, -0.25) is 9.59 Å². The molecule has 4 unspecified atom stereocenters. The molecule has 43 heavy (non-hydrogen) atoms. The summed E-state index contributed by atoms with van der Waals surface area (Å²) in [5.41, 5.74) is 2.37.